The van der Waals surface area contributed by atoms with E-state index in [1.165, 1.54) is 0 Å². The Morgan fingerprint density at radius 2 is 1.87 bits per heavy atom. The summed E-state index contributed by atoms with van der Waals surface area (Å²) >= 11 is 0. The Morgan fingerprint density at radius 3 is 2.50 bits per heavy atom. The van der Waals surface area contributed by atoms with Gasteiger partial charge in [-0.1, -0.05) is 6.07 Å². The van der Waals surface area contributed by atoms with Crippen LogP contribution in [-0.4, -0.2) is 58.8 Å². The second-order valence-corrected chi connectivity index (χ2v) is 8.42. The number of pyridine rings is 2. The van der Waals surface area contributed by atoms with Crippen molar-refractivity contribution in [3.05, 3.63) is 47.8 Å². The molecular formula is C23H31N3O4. The molecule has 0 saturated carbocycles. The van der Waals surface area contributed by atoms with Gasteiger partial charge in [-0.05, 0) is 39.8 Å². The fourth-order valence-electron chi connectivity index (χ4n) is 3.20. The van der Waals surface area contributed by atoms with Crippen LogP contribution in [-0.2, 0) is 4.74 Å². The first kappa shape index (κ1) is 22.0. The van der Waals surface area contributed by atoms with Gasteiger partial charge in [-0.2, -0.15) is 0 Å². The number of amides is 1. The molecule has 0 spiro atoms. The molecule has 2 aromatic heterocycles. The summed E-state index contributed by atoms with van der Waals surface area (Å²) in [5, 5.41) is 0. The fourth-order valence-corrected chi connectivity index (χ4v) is 3.20. The second-order valence-electron chi connectivity index (χ2n) is 8.42. The Kier molecular flexibility index (Phi) is 7.26. The molecule has 0 radical (unpaired) electrons. The lowest BCUT2D eigenvalue weighted by molar-refractivity contribution is -0.0168. The number of likely N-dealkylation sites (tertiary alicyclic amines) is 1. The molecule has 7 heteroatoms. The number of ether oxygens (including phenoxy) is 3. The third-order valence-corrected chi connectivity index (χ3v) is 4.73. The molecular weight excluding hydrogens is 382 g/mol. The molecule has 1 fully saturated rings. The molecule has 0 aliphatic carbocycles. The van der Waals surface area contributed by atoms with Crippen LogP contribution in [0.25, 0.3) is 0 Å². The number of piperidine rings is 1. The van der Waals surface area contributed by atoms with Gasteiger partial charge in [0.05, 0.1) is 17.8 Å². The highest BCUT2D eigenvalue weighted by Crippen LogP contribution is 2.19. The van der Waals surface area contributed by atoms with Gasteiger partial charge in [-0.3, -0.25) is 4.79 Å². The monoisotopic (exact) mass is 413 g/mol. The maximum atomic E-state index is 12.8. The normalized spacial score (nSPS) is 15.1. The Labute approximate surface area is 178 Å². The molecule has 1 saturated heterocycles. The lowest BCUT2D eigenvalue weighted by Crippen LogP contribution is -2.41. The van der Waals surface area contributed by atoms with E-state index in [1.54, 1.807) is 18.3 Å². The quantitative estimate of drug-likeness (QED) is 0.645. The minimum atomic E-state index is -0.192. The molecule has 1 amide bonds. The van der Waals surface area contributed by atoms with Crippen LogP contribution in [0.1, 0.15) is 49.7 Å². The van der Waals surface area contributed by atoms with Gasteiger partial charge in [0.15, 0.2) is 0 Å². The number of carbonyl (C=O) groups is 1. The number of hydrogen-bond acceptors (Lipinski definition) is 6. The first-order valence-corrected chi connectivity index (χ1v) is 10.4. The summed E-state index contributed by atoms with van der Waals surface area (Å²) < 4.78 is 17.2. The maximum Gasteiger partial charge on any atom is 0.255 e. The third-order valence-electron chi connectivity index (χ3n) is 4.73. The third kappa shape index (κ3) is 6.69. The largest absolute Gasteiger partial charge is 0.475 e. The summed E-state index contributed by atoms with van der Waals surface area (Å²) in [5.74, 6) is 1.12. The van der Waals surface area contributed by atoms with Crippen molar-refractivity contribution in [1.82, 2.24) is 14.9 Å². The fraction of sp³-hybridized carbons (Fsp3) is 0.522. The lowest BCUT2D eigenvalue weighted by Gasteiger charge is -2.32. The zero-order chi connectivity index (χ0) is 21.6. The standard InChI is InChI=1S/C23H31N3O4/c1-17-6-5-7-21(25-17)30-19-10-12-26(13-11-19)22(27)18-8-9-20(24-16-18)28-14-15-29-23(2,3)4/h5-9,16,19H,10-15H2,1-4H3. The zero-order valence-electron chi connectivity index (χ0n) is 18.3. The van der Waals surface area contributed by atoms with Crippen molar-refractivity contribution in [2.24, 2.45) is 0 Å². The summed E-state index contributed by atoms with van der Waals surface area (Å²) in [6.45, 7) is 10.1. The summed E-state index contributed by atoms with van der Waals surface area (Å²) in [7, 11) is 0. The summed E-state index contributed by atoms with van der Waals surface area (Å²) in [6.07, 6.45) is 3.21. The molecule has 3 heterocycles. The highest BCUT2D eigenvalue weighted by atomic mass is 16.5. The van der Waals surface area contributed by atoms with E-state index >= 15 is 0 Å². The van der Waals surface area contributed by atoms with E-state index in [0.717, 1.165) is 18.5 Å². The van der Waals surface area contributed by atoms with Gasteiger partial charge in [0.2, 0.25) is 11.8 Å². The molecule has 0 N–H and O–H groups in total. The molecule has 1 aliphatic rings. The Bertz CT molecular complexity index is 825. The van der Waals surface area contributed by atoms with Crippen molar-refractivity contribution in [2.75, 3.05) is 26.3 Å². The van der Waals surface area contributed by atoms with Crippen molar-refractivity contribution in [3.63, 3.8) is 0 Å². The maximum absolute atomic E-state index is 12.8. The van der Waals surface area contributed by atoms with E-state index < -0.39 is 0 Å². The number of hydrogen-bond donors (Lipinski definition) is 0. The van der Waals surface area contributed by atoms with Gasteiger partial charge < -0.3 is 19.1 Å². The van der Waals surface area contributed by atoms with E-state index in [0.29, 0.717) is 43.6 Å². The molecule has 1 aliphatic heterocycles. The number of nitrogens with zero attached hydrogens (tertiary/aromatic N) is 3. The van der Waals surface area contributed by atoms with Crippen LogP contribution in [0, 0.1) is 6.92 Å². The molecule has 30 heavy (non-hydrogen) atoms. The highest BCUT2D eigenvalue weighted by molar-refractivity contribution is 5.94. The number of aryl methyl sites for hydroxylation is 1. The molecule has 3 rings (SSSR count). The summed E-state index contributed by atoms with van der Waals surface area (Å²) in [4.78, 5) is 23.2. The smallest absolute Gasteiger partial charge is 0.255 e. The second kappa shape index (κ2) is 9.89. The van der Waals surface area contributed by atoms with Gasteiger partial charge in [0.1, 0.15) is 12.7 Å². The van der Waals surface area contributed by atoms with Gasteiger partial charge in [-0.25, -0.2) is 9.97 Å². The van der Waals surface area contributed by atoms with Crippen molar-refractivity contribution in [1.29, 1.82) is 0 Å². The molecule has 162 valence electrons. The van der Waals surface area contributed by atoms with Crippen LogP contribution in [0.5, 0.6) is 11.8 Å². The number of rotatable bonds is 7. The van der Waals surface area contributed by atoms with Crippen molar-refractivity contribution < 1.29 is 19.0 Å². The van der Waals surface area contributed by atoms with E-state index in [2.05, 4.69) is 9.97 Å². The molecule has 2 aromatic rings. The number of carbonyl (C=O) groups excluding carboxylic acids is 1. The predicted molar refractivity (Wildman–Crippen MR) is 114 cm³/mol. The minimum Gasteiger partial charge on any atom is -0.475 e. The highest BCUT2D eigenvalue weighted by Gasteiger charge is 2.25. The number of aromatic nitrogens is 2. The molecule has 0 unspecified atom stereocenters. The zero-order valence-corrected chi connectivity index (χ0v) is 18.3. The van der Waals surface area contributed by atoms with Gasteiger partial charge in [-0.15, -0.1) is 0 Å². The van der Waals surface area contributed by atoms with Crippen molar-refractivity contribution in [2.45, 2.75) is 52.2 Å². The summed E-state index contributed by atoms with van der Waals surface area (Å²) in [5.41, 5.74) is 1.30. The van der Waals surface area contributed by atoms with Crippen LogP contribution in [0.2, 0.25) is 0 Å². The van der Waals surface area contributed by atoms with Gasteiger partial charge in [0, 0.05) is 50.0 Å². The van der Waals surface area contributed by atoms with E-state index in [9.17, 15) is 4.79 Å². The Hall–Kier alpha value is -2.67. The Balaban J connectivity index is 1.44. The van der Waals surface area contributed by atoms with E-state index in [4.69, 9.17) is 14.2 Å². The van der Waals surface area contributed by atoms with Gasteiger partial charge >= 0.3 is 0 Å². The van der Waals surface area contributed by atoms with E-state index in [-0.39, 0.29) is 17.6 Å². The predicted octanol–water partition coefficient (Wildman–Crippen LogP) is 3.66. The molecule has 7 nitrogen and oxygen atoms in total. The lowest BCUT2D eigenvalue weighted by atomic mass is 10.1. The average molecular weight is 414 g/mol. The van der Waals surface area contributed by atoms with Gasteiger partial charge in [0.25, 0.3) is 5.91 Å². The van der Waals surface area contributed by atoms with Crippen LogP contribution in [0.3, 0.4) is 0 Å². The van der Waals surface area contributed by atoms with Crippen molar-refractivity contribution in [3.8, 4) is 11.8 Å². The average Bonchev–Trinajstić information content (AvgIpc) is 2.71. The first-order valence-electron chi connectivity index (χ1n) is 10.4. The van der Waals surface area contributed by atoms with Crippen LogP contribution >= 0.6 is 0 Å². The summed E-state index contributed by atoms with van der Waals surface area (Å²) in [6, 6.07) is 9.24. The Morgan fingerprint density at radius 1 is 1.10 bits per heavy atom. The SMILES string of the molecule is Cc1cccc(OC2CCN(C(=O)c3ccc(OCCOC(C)(C)C)nc3)CC2)n1. The van der Waals surface area contributed by atoms with Crippen LogP contribution < -0.4 is 9.47 Å². The van der Waals surface area contributed by atoms with Crippen molar-refractivity contribution >= 4 is 5.91 Å². The topological polar surface area (TPSA) is 73.8 Å². The first-order chi connectivity index (χ1) is 14.3. The molecule has 0 aromatic carbocycles. The molecule has 0 atom stereocenters. The van der Waals surface area contributed by atoms with Crippen LogP contribution in [0.15, 0.2) is 36.5 Å². The van der Waals surface area contributed by atoms with E-state index in [1.807, 2.05) is 50.8 Å². The molecule has 0 bridgehead atoms. The minimum absolute atomic E-state index is 0.0164. The van der Waals surface area contributed by atoms with Crippen LogP contribution in [0.4, 0.5) is 0 Å².